The molecule has 0 radical (unpaired) electrons. The second-order valence-electron chi connectivity index (χ2n) is 8.72. The molecule has 30 heavy (non-hydrogen) atoms. The maximum Gasteiger partial charge on any atom is 0.407 e. The Labute approximate surface area is 178 Å². The first-order chi connectivity index (χ1) is 14.6. The van der Waals surface area contributed by atoms with Crippen LogP contribution in [0.25, 0.3) is 0 Å². The number of likely N-dealkylation sites (tertiary alicyclic amines) is 2. The zero-order valence-corrected chi connectivity index (χ0v) is 17.8. The molecule has 0 spiro atoms. The molecule has 1 aromatic carbocycles. The largest absolute Gasteiger partial charge is 0.444 e. The van der Waals surface area contributed by atoms with Crippen molar-refractivity contribution in [3.05, 3.63) is 35.9 Å². The molecule has 1 aromatic rings. The van der Waals surface area contributed by atoms with Crippen molar-refractivity contribution in [3.8, 4) is 0 Å². The number of benzene rings is 1. The lowest BCUT2D eigenvalue weighted by Gasteiger charge is -2.25. The molecule has 4 rings (SSSR count). The lowest BCUT2D eigenvalue weighted by atomic mass is 10.0. The van der Waals surface area contributed by atoms with Gasteiger partial charge >= 0.3 is 6.09 Å². The van der Waals surface area contributed by atoms with Crippen LogP contribution in [0.2, 0.25) is 0 Å². The third-order valence-electron chi connectivity index (χ3n) is 6.61. The van der Waals surface area contributed by atoms with Crippen LogP contribution in [0.5, 0.6) is 0 Å². The highest BCUT2D eigenvalue weighted by Crippen LogP contribution is 2.32. The van der Waals surface area contributed by atoms with Gasteiger partial charge in [-0.25, -0.2) is 4.79 Å². The van der Waals surface area contributed by atoms with Gasteiger partial charge in [0.2, 0.25) is 5.91 Å². The maximum atomic E-state index is 12.4. The minimum Gasteiger partial charge on any atom is -0.444 e. The number of amides is 2. The van der Waals surface area contributed by atoms with Crippen molar-refractivity contribution in [2.75, 3.05) is 45.9 Å². The van der Waals surface area contributed by atoms with E-state index in [1.165, 1.54) is 0 Å². The Hall–Kier alpha value is -2.12. The number of ether oxygens (including phenoxy) is 2. The number of nitrogens with zero attached hydrogens (tertiary/aromatic N) is 2. The number of nitrogens with one attached hydrogen (secondary N) is 1. The third-order valence-corrected chi connectivity index (χ3v) is 6.61. The highest BCUT2D eigenvalue weighted by molar-refractivity contribution is 5.76. The van der Waals surface area contributed by atoms with Crippen LogP contribution in [0, 0.1) is 11.8 Å². The maximum absolute atomic E-state index is 12.4. The van der Waals surface area contributed by atoms with Gasteiger partial charge in [-0.2, -0.15) is 0 Å². The molecule has 0 aliphatic carbocycles. The molecule has 7 heteroatoms. The van der Waals surface area contributed by atoms with Crippen LogP contribution in [-0.2, 0) is 14.3 Å². The molecule has 0 saturated carbocycles. The fourth-order valence-corrected chi connectivity index (χ4v) is 4.95. The fraction of sp³-hybridized carbons (Fsp3) is 0.652. The van der Waals surface area contributed by atoms with Crippen molar-refractivity contribution < 1.29 is 19.1 Å². The van der Waals surface area contributed by atoms with Crippen molar-refractivity contribution in [1.82, 2.24) is 15.1 Å². The quantitative estimate of drug-likeness (QED) is 0.741. The van der Waals surface area contributed by atoms with Crippen molar-refractivity contribution in [3.63, 3.8) is 0 Å². The molecule has 3 saturated heterocycles. The molecule has 3 unspecified atom stereocenters. The molecule has 3 fully saturated rings. The second-order valence-corrected chi connectivity index (χ2v) is 8.72. The molecule has 7 nitrogen and oxygen atoms in total. The van der Waals surface area contributed by atoms with E-state index in [9.17, 15) is 9.59 Å². The number of alkyl carbamates (subject to hydrolysis) is 1. The number of rotatable bonds is 7. The van der Waals surface area contributed by atoms with E-state index >= 15 is 0 Å². The number of hydrogen-bond donors (Lipinski definition) is 1. The van der Waals surface area contributed by atoms with E-state index in [4.69, 9.17) is 9.47 Å². The molecule has 0 bridgehead atoms. The van der Waals surface area contributed by atoms with E-state index < -0.39 is 0 Å². The van der Waals surface area contributed by atoms with E-state index in [0.717, 1.165) is 51.1 Å². The second kappa shape index (κ2) is 9.79. The standard InChI is InChI=1S/C23H33N3O4/c1-2-22(27)26-14-18-12-25(13-19(18)15-26)10-8-21(17-6-4-3-5-7-17)24-23(28)30-20-9-11-29-16-20/h3-7,18-21H,2,8-16H2,1H3,(H,24,28)/t18-,19?,20?,21?/m0/s1. The Balaban J connectivity index is 1.30. The molecular weight excluding hydrogens is 382 g/mol. The summed E-state index contributed by atoms with van der Waals surface area (Å²) >= 11 is 0. The number of carbonyl (C=O) groups is 2. The summed E-state index contributed by atoms with van der Waals surface area (Å²) < 4.78 is 10.8. The topological polar surface area (TPSA) is 71.1 Å². The summed E-state index contributed by atoms with van der Waals surface area (Å²) in [4.78, 5) is 28.9. The Morgan fingerprint density at radius 3 is 2.53 bits per heavy atom. The molecular formula is C23H33N3O4. The van der Waals surface area contributed by atoms with Crippen LogP contribution in [0.1, 0.15) is 37.8 Å². The Morgan fingerprint density at radius 1 is 1.17 bits per heavy atom. The van der Waals surface area contributed by atoms with Gasteiger partial charge in [0.05, 0.1) is 19.3 Å². The van der Waals surface area contributed by atoms with Crippen molar-refractivity contribution in [2.24, 2.45) is 11.8 Å². The summed E-state index contributed by atoms with van der Waals surface area (Å²) in [6.45, 7) is 7.84. The summed E-state index contributed by atoms with van der Waals surface area (Å²) in [5.74, 6) is 1.43. The van der Waals surface area contributed by atoms with Crippen LogP contribution >= 0.6 is 0 Å². The zero-order valence-electron chi connectivity index (χ0n) is 17.8. The molecule has 3 aliphatic rings. The van der Waals surface area contributed by atoms with Crippen LogP contribution in [0.3, 0.4) is 0 Å². The first-order valence-electron chi connectivity index (χ1n) is 11.2. The van der Waals surface area contributed by atoms with Gasteiger partial charge in [0.25, 0.3) is 0 Å². The molecule has 164 valence electrons. The predicted molar refractivity (Wildman–Crippen MR) is 113 cm³/mol. The molecule has 4 atom stereocenters. The van der Waals surface area contributed by atoms with Crippen molar-refractivity contribution in [1.29, 1.82) is 0 Å². The van der Waals surface area contributed by atoms with Gasteiger partial charge in [-0.1, -0.05) is 37.3 Å². The molecule has 3 heterocycles. The van der Waals surface area contributed by atoms with E-state index in [1.807, 2.05) is 30.0 Å². The first-order valence-corrected chi connectivity index (χ1v) is 11.2. The third kappa shape index (κ3) is 5.13. The molecule has 1 N–H and O–H groups in total. The van der Waals surface area contributed by atoms with E-state index in [2.05, 4.69) is 22.3 Å². The lowest BCUT2D eigenvalue weighted by molar-refractivity contribution is -0.130. The van der Waals surface area contributed by atoms with Crippen LogP contribution in [-0.4, -0.2) is 73.8 Å². The SMILES string of the molecule is CCC(=O)N1CC2CN(CCC(NC(=O)OC3CCOC3)c3ccccc3)C[C@H]2C1. The van der Waals surface area contributed by atoms with Gasteiger partial charge < -0.3 is 24.6 Å². The summed E-state index contributed by atoms with van der Waals surface area (Å²) in [6.07, 6.45) is 1.67. The van der Waals surface area contributed by atoms with Gasteiger partial charge in [0.15, 0.2) is 0 Å². The number of fused-ring (bicyclic) bond motifs is 1. The summed E-state index contributed by atoms with van der Waals surface area (Å²) in [7, 11) is 0. The van der Waals surface area contributed by atoms with Crippen LogP contribution < -0.4 is 5.32 Å². The van der Waals surface area contributed by atoms with E-state index in [0.29, 0.717) is 31.5 Å². The normalized spacial score (nSPS) is 27.1. The van der Waals surface area contributed by atoms with Crippen LogP contribution in [0.15, 0.2) is 30.3 Å². The minimum absolute atomic E-state index is 0.0837. The zero-order chi connectivity index (χ0) is 20.9. The van der Waals surface area contributed by atoms with Gasteiger partial charge in [-0.05, 0) is 23.8 Å². The Morgan fingerprint density at radius 2 is 1.90 bits per heavy atom. The summed E-state index contributed by atoms with van der Waals surface area (Å²) in [5.41, 5.74) is 1.09. The van der Waals surface area contributed by atoms with Gasteiger partial charge in [-0.3, -0.25) is 4.79 Å². The first kappa shape index (κ1) is 21.1. The fourth-order valence-electron chi connectivity index (χ4n) is 4.95. The lowest BCUT2D eigenvalue weighted by Crippen LogP contribution is -2.36. The van der Waals surface area contributed by atoms with Gasteiger partial charge in [0.1, 0.15) is 6.10 Å². The van der Waals surface area contributed by atoms with E-state index in [1.54, 1.807) is 0 Å². The predicted octanol–water partition coefficient (Wildman–Crippen LogP) is 2.43. The van der Waals surface area contributed by atoms with Crippen LogP contribution in [0.4, 0.5) is 4.79 Å². The van der Waals surface area contributed by atoms with E-state index in [-0.39, 0.29) is 24.1 Å². The van der Waals surface area contributed by atoms with Crippen molar-refractivity contribution in [2.45, 2.75) is 38.3 Å². The molecule has 2 amide bonds. The number of hydrogen-bond acceptors (Lipinski definition) is 5. The summed E-state index contributed by atoms with van der Waals surface area (Å²) in [5, 5.41) is 3.07. The monoisotopic (exact) mass is 415 g/mol. The van der Waals surface area contributed by atoms with Crippen molar-refractivity contribution >= 4 is 12.0 Å². The minimum atomic E-state index is -0.369. The van der Waals surface area contributed by atoms with Gasteiger partial charge in [-0.15, -0.1) is 0 Å². The molecule has 3 aliphatic heterocycles. The Kier molecular flexibility index (Phi) is 6.89. The highest BCUT2D eigenvalue weighted by Gasteiger charge is 2.41. The average Bonchev–Trinajstić information content (AvgIpc) is 3.48. The number of carbonyl (C=O) groups excluding carboxylic acids is 2. The highest BCUT2D eigenvalue weighted by atomic mass is 16.6. The Bertz CT molecular complexity index is 708. The summed E-state index contributed by atoms with van der Waals surface area (Å²) in [6, 6.07) is 10.0. The molecule has 0 aromatic heterocycles. The van der Waals surface area contributed by atoms with Gasteiger partial charge in [0, 0.05) is 45.6 Å². The average molecular weight is 416 g/mol. The smallest absolute Gasteiger partial charge is 0.407 e.